The number of fused-ring (bicyclic) bond motifs is 1. The first-order valence-corrected chi connectivity index (χ1v) is 6.12. The maximum absolute atomic E-state index is 13.0. The van der Waals surface area contributed by atoms with Crippen molar-refractivity contribution in [1.82, 2.24) is 14.7 Å². The molecule has 3 heterocycles. The van der Waals surface area contributed by atoms with Crippen molar-refractivity contribution in [3.63, 3.8) is 0 Å². The summed E-state index contributed by atoms with van der Waals surface area (Å²) in [6.45, 7) is 0. The Morgan fingerprint density at radius 3 is 2.55 bits per heavy atom. The van der Waals surface area contributed by atoms with Crippen molar-refractivity contribution in [2.75, 3.05) is 0 Å². The molecule has 0 aliphatic rings. The second-order valence-electron chi connectivity index (χ2n) is 4.49. The first kappa shape index (κ1) is 14.1. The van der Waals surface area contributed by atoms with Gasteiger partial charge in [-0.2, -0.15) is 13.2 Å². The Hall–Kier alpha value is -2.90. The molecule has 5 nitrogen and oxygen atoms in total. The van der Waals surface area contributed by atoms with E-state index in [1.165, 1.54) is 30.5 Å². The molecule has 3 aromatic rings. The van der Waals surface area contributed by atoms with E-state index < -0.39 is 17.3 Å². The molecule has 0 spiro atoms. The van der Waals surface area contributed by atoms with Crippen molar-refractivity contribution in [2.24, 2.45) is 0 Å². The Balaban J connectivity index is 2.28. The van der Waals surface area contributed by atoms with Gasteiger partial charge in [-0.25, -0.2) is 4.98 Å². The number of nitrogens with zero attached hydrogens (tertiary/aromatic N) is 3. The fraction of sp³-hybridized carbons (Fsp3) is 0.0714. The Kier molecular flexibility index (Phi) is 3.09. The zero-order valence-corrected chi connectivity index (χ0v) is 10.9. The summed E-state index contributed by atoms with van der Waals surface area (Å²) in [5.41, 5.74) is -2.26. The summed E-state index contributed by atoms with van der Waals surface area (Å²) in [6, 6.07) is 7.43. The highest BCUT2D eigenvalue weighted by molar-refractivity contribution is 5.78. The number of pyridine rings is 3. The summed E-state index contributed by atoms with van der Waals surface area (Å²) in [6.07, 6.45) is -3.37. The van der Waals surface area contributed by atoms with E-state index in [-0.39, 0.29) is 21.8 Å². The fourth-order valence-corrected chi connectivity index (χ4v) is 2.06. The van der Waals surface area contributed by atoms with Crippen LogP contribution in [-0.2, 0) is 6.18 Å². The van der Waals surface area contributed by atoms with Crippen molar-refractivity contribution in [1.29, 1.82) is 0 Å². The fourth-order valence-electron chi connectivity index (χ4n) is 2.06. The lowest BCUT2D eigenvalue weighted by atomic mass is 10.1. The van der Waals surface area contributed by atoms with Gasteiger partial charge in [0.2, 0.25) is 0 Å². The van der Waals surface area contributed by atoms with Crippen molar-refractivity contribution >= 4 is 11.0 Å². The van der Waals surface area contributed by atoms with Crippen molar-refractivity contribution in [3.8, 4) is 11.4 Å². The Bertz CT molecular complexity index is 919. The summed E-state index contributed by atoms with van der Waals surface area (Å²) >= 11 is 0. The minimum Gasteiger partial charge on any atom is -0.423 e. The third-order valence-electron chi connectivity index (χ3n) is 3.08. The lowest BCUT2D eigenvalue weighted by Crippen LogP contribution is -2.17. The molecular weight excluding hydrogens is 299 g/mol. The van der Waals surface area contributed by atoms with E-state index in [4.69, 9.17) is 0 Å². The summed E-state index contributed by atoms with van der Waals surface area (Å²) < 4.78 is 39.3. The second-order valence-corrected chi connectivity index (χ2v) is 4.49. The first-order valence-electron chi connectivity index (χ1n) is 6.12. The molecule has 0 saturated carbocycles. The van der Waals surface area contributed by atoms with Crippen molar-refractivity contribution < 1.29 is 18.4 Å². The van der Waals surface area contributed by atoms with Crippen LogP contribution in [0.3, 0.4) is 0 Å². The van der Waals surface area contributed by atoms with E-state index in [0.29, 0.717) is 5.39 Å². The SMILES string of the molecule is O=c1ccc2ccc(-c3ncccc3C(F)(F)F)nc2n1O. The summed E-state index contributed by atoms with van der Waals surface area (Å²) in [7, 11) is 0. The summed E-state index contributed by atoms with van der Waals surface area (Å²) in [4.78, 5) is 19.0. The van der Waals surface area contributed by atoms with E-state index in [9.17, 15) is 23.2 Å². The number of alkyl halides is 3. The van der Waals surface area contributed by atoms with E-state index in [1.807, 2.05) is 0 Å². The van der Waals surface area contributed by atoms with Gasteiger partial charge in [-0.3, -0.25) is 9.78 Å². The highest BCUT2D eigenvalue weighted by atomic mass is 19.4. The van der Waals surface area contributed by atoms with Gasteiger partial charge in [0.1, 0.15) is 5.69 Å². The second kappa shape index (κ2) is 4.83. The molecule has 0 amide bonds. The lowest BCUT2D eigenvalue weighted by molar-refractivity contribution is -0.137. The molecule has 1 N–H and O–H groups in total. The smallest absolute Gasteiger partial charge is 0.418 e. The van der Waals surface area contributed by atoms with Crippen LogP contribution in [-0.4, -0.2) is 19.9 Å². The van der Waals surface area contributed by atoms with E-state index in [0.717, 1.165) is 12.1 Å². The van der Waals surface area contributed by atoms with Crippen LogP contribution in [0.1, 0.15) is 5.56 Å². The maximum atomic E-state index is 13.0. The summed E-state index contributed by atoms with van der Waals surface area (Å²) in [5, 5.41) is 10.1. The molecule has 0 bridgehead atoms. The maximum Gasteiger partial charge on any atom is 0.418 e. The van der Waals surface area contributed by atoms with Crippen LogP contribution in [0.4, 0.5) is 13.2 Å². The highest BCUT2D eigenvalue weighted by Crippen LogP contribution is 2.35. The molecule has 8 heteroatoms. The van der Waals surface area contributed by atoms with Crippen LogP contribution in [0.25, 0.3) is 22.4 Å². The molecule has 22 heavy (non-hydrogen) atoms. The third-order valence-corrected chi connectivity index (χ3v) is 3.08. The topological polar surface area (TPSA) is 68.0 Å². The lowest BCUT2D eigenvalue weighted by Gasteiger charge is -2.11. The standard InChI is InChI=1S/C14H8F3N3O2/c15-14(16,17)9-2-1-7-18-12(9)10-5-3-8-4-6-11(21)20(22)13(8)19-10/h1-7,22H. The molecule has 0 fully saturated rings. The molecular formula is C14H8F3N3O2. The Morgan fingerprint density at radius 1 is 1.09 bits per heavy atom. The van der Waals surface area contributed by atoms with E-state index in [1.54, 1.807) is 0 Å². The molecule has 3 aromatic heterocycles. The normalized spacial score (nSPS) is 11.8. The monoisotopic (exact) mass is 307 g/mol. The van der Waals surface area contributed by atoms with Crippen LogP contribution < -0.4 is 5.56 Å². The van der Waals surface area contributed by atoms with E-state index in [2.05, 4.69) is 9.97 Å². The average molecular weight is 307 g/mol. The molecule has 0 unspecified atom stereocenters. The van der Waals surface area contributed by atoms with Gasteiger partial charge in [0.05, 0.1) is 11.3 Å². The van der Waals surface area contributed by atoms with Gasteiger partial charge in [-0.15, -0.1) is 4.73 Å². The number of hydrogen-bond donors (Lipinski definition) is 1. The van der Waals surface area contributed by atoms with Gasteiger partial charge >= 0.3 is 6.18 Å². The number of aromatic nitrogens is 3. The molecule has 0 aromatic carbocycles. The number of hydrogen-bond acceptors (Lipinski definition) is 4. The molecule has 0 aliphatic carbocycles. The number of halogens is 3. The van der Waals surface area contributed by atoms with Gasteiger partial charge in [0.25, 0.3) is 5.56 Å². The highest BCUT2D eigenvalue weighted by Gasteiger charge is 2.34. The largest absolute Gasteiger partial charge is 0.423 e. The van der Waals surface area contributed by atoms with Crippen molar-refractivity contribution in [2.45, 2.75) is 6.18 Å². The average Bonchev–Trinajstić information content (AvgIpc) is 2.50. The summed E-state index contributed by atoms with van der Waals surface area (Å²) in [5.74, 6) is 0. The molecule has 3 rings (SSSR count). The van der Waals surface area contributed by atoms with Crippen LogP contribution in [0.2, 0.25) is 0 Å². The van der Waals surface area contributed by atoms with Crippen LogP contribution >= 0.6 is 0 Å². The zero-order valence-electron chi connectivity index (χ0n) is 10.9. The first-order chi connectivity index (χ1) is 10.4. The third kappa shape index (κ3) is 2.28. The van der Waals surface area contributed by atoms with Crippen LogP contribution in [0, 0.1) is 0 Å². The zero-order chi connectivity index (χ0) is 15.9. The van der Waals surface area contributed by atoms with Crippen LogP contribution in [0.15, 0.2) is 47.4 Å². The minimum atomic E-state index is -4.59. The predicted octanol–water partition coefficient (Wildman–Crippen LogP) is 2.71. The van der Waals surface area contributed by atoms with Gasteiger partial charge < -0.3 is 5.21 Å². The Morgan fingerprint density at radius 2 is 1.82 bits per heavy atom. The number of rotatable bonds is 1. The molecule has 0 radical (unpaired) electrons. The van der Waals surface area contributed by atoms with Gasteiger partial charge in [0, 0.05) is 17.6 Å². The van der Waals surface area contributed by atoms with Crippen LogP contribution in [0.5, 0.6) is 0 Å². The van der Waals surface area contributed by atoms with Gasteiger partial charge in [-0.1, -0.05) is 0 Å². The predicted molar refractivity (Wildman–Crippen MR) is 71.4 cm³/mol. The van der Waals surface area contributed by atoms with Gasteiger partial charge in [0.15, 0.2) is 5.65 Å². The Labute approximate surface area is 121 Å². The van der Waals surface area contributed by atoms with E-state index >= 15 is 0 Å². The molecule has 112 valence electrons. The minimum absolute atomic E-state index is 0.0891. The van der Waals surface area contributed by atoms with Crippen molar-refractivity contribution in [3.05, 3.63) is 58.5 Å². The molecule has 0 aliphatic heterocycles. The van der Waals surface area contributed by atoms with Gasteiger partial charge in [-0.05, 0) is 30.3 Å². The molecule has 0 atom stereocenters. The molecule has 0 saturated heterocycles. The quantitative estimate of drug-likeness (QED) is 0.702.